The van der Waals surface area contributed by atoms with E-state index in [-0.39, 0.29) is 21.5 Å². The highest BCUT2D eigenvalue weighted by Gasteiger charge is 2.22. The van der Waals surface area contributed by atoms with E-state index in [1.807, 2.05) is 0 Å². The third kappa shape index (κ3) is 3.00. The molecule has 0 fully saturated rings. The van der Waals surface area contributed by atoms with Crippen molar-refractivity contribution in [2.75, 3.05) is 0 Å². The first-order chi connectivity index (χ1) is 9.41. The van der Waals surface area contributed by atoms with Gasteiger partial charge in [0, 0.05) is 17.0 Å². The third-order valence-electron chi connectivity index (χ3n) is 2.87. The van der Waals surface area contributed by atoms with Gasteiger partial charge in [-0.1, -0.05) is 17.7 Å². The Morgan fingerprint density at radius 1 is 1.10 bits per heavy atom. The van der Waals surface area contributed by atoms with Gasteiger partial charge in [-0.05, 0) is 40.2 Å². The number of aliphatic hydroxyl groups excluding tert-OH is 1. The highest BCUT2D eigenvalue weighted by Crippen LogP contribution is 2.31. The average molecular weight is 366 g/mol. The molecular weight excluding hydrogens is 357 g/mol. The van der Waals surface area contributed by atoms with E-state index < -0.39 is 29.1 Å². The maximum Gasteiger partial charge on any atom is 0.146 e. The number of benzene rings is 2. The molecule has 0 radical (unpaired) electrons. The molecule has 1 N–H and O–H groups in total. The Balaban J connectivity index is 2.38. The first-order valence-electron chi connectivity index (χ1n) is 5.66. The van der Waals surface area contributed by atoms with Crippen molar-refractivity contribution in [1.29, 1.82) is 0 Å². The van der Waals surface area contributed by atoms with Gasteiger partial charge >= 0.3 is 0 Å². The summed E-state index contributed by atoms with van der Waals surface area (Å²) in [4.78, 5) is 0. The van der Waals surface area contributed by atoms with E-state index in [0.29, 0.717) is 0 Å². The van der Waals surface area contributed by atoms with Crippen molar-refractivity contribution in [2.45, 2.75) is 12.5 Å². The van der Waals surface area contributed by atoms with Gasteiger partial charge in [0.1, 0.15) is 17.5 Å². The lowest BCUT2D eigenvalue weighted by Crippen LogP contribution is -2.09. The predicted molar refractivity (Wildman–Crippen MR) is 74.1 cm³/mol. The molecule has 2 aromatic rings. The van der Waals surface area contributed by atoms with Gasteiger partial charge in [-0.2, -0.15) is 0 Å². The molecular formula is C14H9BrClF3O. The van der Waals surface area contributed by atoms with Gasteiger partial charge < -0.3 is 5.11 Å². The van der Waals surface area contributed by atoms with Crippen LogP contribution in [0.15, 0.2) is 34.8 Å². The van der Waals surface area contributed by atoms with Gasteiger partial charge in [0.2, 0.25) is 0 Å². The molecule has 2 rings (SSSR count). The van der Waals surface area contributed by atoms with Crippen LogP contribution in [0.3, 0.4) is 0 Å². The van der Waals surface area contributed by atoms with Crippen LogP contribution in [0.2, 0.25) is 5.02 Å². The summed E-state index contributed by atoms with van der Waals surface area (Å²) in [7, 11) is 0. The predicted octanol–water partition coefficient (Wildman–Crippen LogP) is 4.80. The fraction of sp³-hybridized carbons (Fsp3) is 0.143. The van der Waals surface area contributed by atoms with E-state index in [2.05, 4.69) is 15.9 Å². The Labute approximate surface area is 127 Å². The minimum absolute atomic E-state index is 0.0143. The van der Waals surface area contributed by atoms with Gasteiger partial charge in [-0.15, -0.1) is 0 Å². The topological polar surface area (TPSA) is 20.2 Å². The molecule has 0 spiro atoms. The first kappa shape index (κ1) is 15.4. The highest BCUT2D eigenvalue weighted by molar-refractivity contribution is 9.10. The van der Waals surface area contributed by atoms with E-state index in [4.69, 9.17) is 11.6 Å². The van der Waals surface area contributed by atoms with Crippen LogP contribution in [-0.2, 0) is 6.42 Å². The summed E-state index contributed by atoms with van der Waals surface area (Å²) in [6.07, 6.45) is -1.86. The molecule has 0 aliphatic rings. The summed E-state index contributed by atoms with van der Waals surface area (Å²) < 4.78 is 41.1. The Hall–Kier alpha value is -1.04. The monoisotopic (exact) mass is 364 g/mol. The summed E-state index contributed by atoms with van der Waals surface area (Å²) in [6, 6.07) is 6.24. The van der Waals surface area contributed by atoms with Crippen LogP contribution in [0.1, 0.15) is 17.2 Å². The van der Waals surface area contributed by atoms with Crippen LogP contribution in [0, 0.1) is 17.5 Å². The van der Waals surface area contributed by atoms with Crippen LogP contribution in [0.4, 0.5) is 13.2 Å². The second-order valence-corrected chi connectivity index (χ2v) is 5.44. The van der Waals surface area contributed by atoms with Gasteiger partial charge in [0.25, 0.3) is 0 Å². The molecule has 0 bridgehead atoms. The molecule has 1 nitrogen and oxygen atoms in total. The zero-order valence-corrected chi connectivity index (χ0v) is 12.4. The van der Waals surface area contributed by atoms with Crippen LogP contribution in [0.5, 0.6) is 0 Å². The van der Waals surface area contributed by atoms with E-state index in [1.165, 1.54) is 24.3 Å². The van der Waals surface area contributed by atoms with Gasteiger partial charge in [0.05, 0.1) is 16.1 Å². The van der Waals surface area contributed by atoms with Crippen molar-refractivity contribution in [2.24, 2.45) is 0 Å². The molecule has 0 amide bonds. The fourth-order valence-electron chi connectivity index (χ4n) is 1.87. The Morgan fingerprint density at radius 3 is 2.45 bits per heavy atom. The van der Waals surface area contributed by atoms with Crippen molar-refractivity contribution in [3.8, 4) is 0 Å². The fourth-order valence-corrected chi connectivity index (χ4v) is 2.46. The Kier molecular flexibility index (Phi) is 4.73. The van der Waals surface area contributed by atoms with Crippen LogP contribution in [0.25, 0.3) is 0 Å². The lowest BCUT2D eigenvalue weighted by atomic mass is 10.00. The highest BCUT2D eigenvalue weighted by atomic mass is 79.9. The van der Waals surface area contributed by atoms with Crippen LogP contribution < -0.4 is 0 Å². The lowest BCUT2D eigenvalue weighted by Gasteiger charge is -2.15. The quantitative estimate of drug-likeness (QED) is 0.775. The van der Waals surface area contributed by atoms with E-state index in [9.17, 15) is 18.3 Å². The molecule has 0 saturated carbocycles. The molecule has 6 heteroatoms. The zero-order chi connectivity index (χ0) is 14.9. The molecule has 0 saturated heterocycles. The van der Waals surface area contributed by atoms with E-state index >= 15 is 0 Å². The standard InChI is InChI=1S/C14H9BrClF3O/c15-8-4-5-11(18)13(14(8)19)12(20)6-7-9(16)2-1-3-10(7)17/h1-5,12,20H,6H2. The van der Waals surface area contributed by atoms with Crippen LogP contribution >= 0.6 is 27.5 Å². The minimum atomic E-state index is -1.54. The van der Waals surface area contributed by atoms with Crippen molar-refractivity contribution in [3.05, 3.63) is 68.4 Å². The van der Waals surface area contributed by atoms with E-state index in [1.54, 1.807) is 0 Å². The molecule has 1 unspecified atom stereocenters. The summed E-state index contributed by atoms with van der Waals surface area (Å²) >= 11 is 8.73. The first-order valence-corrected chi connectivity index (χ1v) is 6.83. The Morgan fingerprint density at radius 2 is 1.80 bits per heavy atom. The summed E-state index contributed by atoms with van der Waals surface area (Å²) in [6.45, 7) is 0. The number of halogens is 5. The smallest absolute Gasteiger partial charge is 0.146 e. The van der Waals surface area contributed by atoms with Crippen molar-refractivity contribution in [1.82, 2.24) is 0 Å². The van der Waals surface area contributed by atoms with Gasteiger partial charge in [-0.3, -0.25) is 0 Å². The summed E-state index contributed by atoms with van der Waals surface area (Å²) in [5.41, 5.74) is -0.501. The second kappa shape index (κ2) is 6.16. The van der Waals surface area contributed by atoms with Gasteiger partial charge in [-0.25, -0.2) is 13.2 Å². The lowest BCUT2D eigenvalue weighted by molar-refractivity contribution is 0.167. The molecule has 0 aliphatic heterocycles. The maximum atomic E-state index is 13.8. The van der Waals surface area contributed by atoms with Crippen LogP contribution in [-0.4, -0.2) is 5.11 Å². The minimum Gasteiger partial charge on any atom is -0.388 e. The Bertz CT molecular complexity index is 628. The SMILES string of the molecule is OC(Cc1c(F)cccc1Cl)c1c(F)ccc(Br)c1F. The zero-order valence-electron chi connectivity index (χ0n) is 10.0. The molecule has 106 valence electrons. The molecule has 20 heavy (non-hydrogen) atoms. The number of aliphatic hydroxyl groups is 1. The second-order valence-electron chi connectivity index (χ2n) is 4.18. The third-order valence-corrected chi connectivity index (χ3v) is 3.84. The molecule has 1 atom stereocenters. The van der Waals surface area contributed by atoms with Gasteiger partial charge in [0.15, 0.2) is 0 Å². The normalized spacial score (nSPS) is 12.5. The molecule has 0 heterocycles. The van der Waals surface area contributed by atoms with Crippen molar-refractivity contribution in [3.63, 3.8) is 0 Å². The van der Waals surface area contributed by atoms with Crippen molar-refractivity contribution >= 4 is 27.5 Å². The maximum absolute atomic E-state index is 13.8. The number of hydrogen-bond acceptors (Lipinski definition) is 1. The van der Waals surface area contributed by atoms with Crippen molar-refractivity contribution < 1.29 is 18.3 Å². The summed E-state index contributed by atoms with van der Waals surface area (Å²) in [5.74, 6) is -2.44. The van der Waals surface area contributed by atoms with E-state index in [0.717, 1.165) is 6.07 Å². The molecule has 0 aromatic heterocycles. The number of rotatable bonds is 3. The largest absolute Gasteiger partial charge is 0.388 e. The summed E-state index contributed by atoms with van der Waals surface area (Å²) in [5, 5.41) is 10.1. The molecule has 0 aliphatic carbocycles. The number of hydrogen-bond donors (Lipinski definition) is 1. The molecule has 2 aromatic carbocycles. The average Bonchev–Trinajstić information content (AvgIpc) is 2.39.